The highest BCUT2D eigenvalue weighted by Gasteiger charge is 2.17. The molecule has 2 heterocycles. The summed E-state index contributed by atoms with van der Waals surface area (Å²) in [5.41, 5.74) is -0.0242. The molecule has 0 radical (unpaired) electrons. The summed E-state index contributed by atoms with van der Waals surface area (Å²) in [6.07, 6.45) is 2.45. The number of rotatable bonds is 3. The van der Waals surface area contributed by atoms with Crippen molar-refractivity contribution in [3.05, 3.63) is 17.5 Å². The van der Waals surface area contributed by atoms with Crippen LogP contribution in [0.5, 0.6) is 0 Å². The molecule has 0 bridgehead atoms. The van der Waals surface area contributed by atoms with E-state index in [4.69, 9.17) is 11.6 Å². The molecule has 2 aromatic rings. The van der Waals surface area contributed by atoms with E-state index in [1.165, 1.54) is 6.33 Å². The molecule has 0 saturated heterocycles. The first kappa shape index (κ1) is 11.1. The molecule has 16 heavy (non-hydrogen) atoms. The van der Waals surface area contributed by atoms with Crippen molar-refractivity contribution in [1.29, 1.82) is 0 Å². The number of anilines is 1. The Balaban J connectivity index is 2.47. The van der Waals surface area contributed by atoms with Crippen LogP contribution in [0.3, 0.4) is 0 Å². The largest absolute Gasteiger partial charge is 0.365 e. The second-order valence-electron chi connectivity index (χ2n) is 4.30. The van der Waals surface area contributed by atoms with E-state index in [-0.39, 0.29) is 5.54 Å². The zero-order valence-electron chi connectivity index (χ0n) is 9.53. The third-order valence-electron chi connectivity index (χ3n) is 2.57. The van der Waals surface area contributed by atoms with Crippen LogP contribution in [-0.4, -0.2) is 25.1 Å². The molecule has 0 unspecified atom stereocenters. The maximum absolute atomic E-state index is 5.92. The topological polar surface area (TPSA) is 55.1 Å². The number of aromatic nitrogens is 4. The van der Waals surface area contributed by atoms with E-state index in [0.29, 0.717) is 10.9 Å². The van der Waals surface area contributed by atoms with Crippen LogP contribution in [-0.2, 0) is 0 Å². The van der Waals surface area contributed by atoms with Gasteiger partial charge in [-0.3, -0.25) is 0 Å². The first-order chi connectivity index (χ1) is 7.52. The molecule has 2 rings (SSSR count). The van der Waals surface area contributed by atoms with Crippen LogP contribution in [0.1, 0.15) is 27.2 Å². The Hall–Kier alpha value is -1.36. The minimum Gasteiger partial charge on any atom is -0.365 e. The predicted molar refractivity (Wildman–Crippen MR) is 63.8 cm³/mol. The van der Waals surface area contributed by atoms with Crippen LogP contribution in [0, 0.1) is 0 Å². The Morgan fingerprint density at radius 3 is 2.94 bits per heavy atom. The first-order valence-corrected chi connectivity index (χ1v) is 5.54. The minimum atomic E-state index is -0.0242. The number of nitrogens with one attached hydrogen (secondary N) is 1. The van der Waals surface area contributed by atoms with E-state index in [9.17, 15) is 0 Å². The Kier molecular flexibility index (Phi) is 2.71. The predicted octanol–water partition coefficient (Wildman–Crippen LogP) is 2.38. The van der Waals surface area contributed by atoms with Crippen LogP contribution < -0.4 is 5.32 Å². The quantitative estimate of drug-likeness (QED) is 0.836. The number of nitrogens with zero attached hydrogens (tertiary/aromatic N) is 4. The lowest BCUT2D eigenvalue weighted by Gasteiger charge is -2.25. The monoisotopic (exact) mass is 239 g/mol. The van der Waals surface area contributed by atoms with Crippen LogP contribution in [0.25, 0.3) is 5.78 Å². The number of hydrogen-bond donors (Lipinski definition) is 1. The lowest BCUT2D eigenvalue weighted by molar-refractivity contribution is 0.542. The number of fused-ring (bicyclic) bond motifs is 1. The highest BCUT2D eigenvalue weighted by Crippen LogP contribution is 2.20. The molecule has 0 spiro atoms. The van der Waals surface area contributed by atoms with Gasteiger partial charge in [-0.15, -0.1) is 0 Å². The van der Waals surface area contributed by atoms with Gasteiger partial charge in [0.15, 0.2) is 0 Å². The fourth-order valence-electron chi connectivity index (χ4n) is 1.31. The average Bonchev–Trinajstić information content (AvgIpc) is 2.65. The maximum atomic E-state index is 5.92. The van der Waals surface area contributed by atoms with Gasteiger partial charge in [-0.2, -0.15) is 19.6 Å². The second-order valence-corrected chi connectivity index (χ2v) is 4.69. The molecular weight excluding hydrogens is 226 g/mol. The molecule has 0 atom stereocenters. The van der Waals surface area contributed by atoms with Crippen molar-refractivity contribution in [2.24, 2.45) is 0 Å². The van der Waals surface area contributed by atoms with Gasteiger partial charge in [0.1, 0.15) is 17.3 Å². The average molecular weight is 240 g/mol. The lowest BCUT2D eigenvalue weighted by Crippen LogP contribution is -2.30. The van der Waals surface area contributed by atoms with Crippen molar-refractivity contribution in [2.45, 2.75) is 32.7 Å². The van der Waals surface area contributed by atoms with Gasteiger partial charge in [0.25, 0.3) is 5.78 Å². The summed E-state index contributed by atoms with van der Waals surface area (Å²) in [5.74, 6) is 1.31. The molecule has 1 N–H and O–H groups in total. The van der Waals surface area contributed by atoms with Crippen molar-refractivity contribution >= 4 is 23.2 Å². The summed E-state index contributed by atoms with van der Waals surface area (Å²) in [4.78, 5) is 8.08. The third-order valence-corrected chi connectivity index (χ3v) is 2.76. The Morgan fingerprint density at radius 1 is 1.50 bits per heavy atom. The van der Waals surface area contributed by atoms with Crippen molar-refractivity contribution in [3.8, 4) is 0 Å². The summed E-state index contributed by atoms with van der Waals surface area (Å²) in [6.45, 7) is 6.35. The van der Waals surface area contributed by atoms with E-state index < -0.39 is 0 Å². The highest BCUT2D eigenvalue weighted by atomic mass is 35.5. The second kappa shape index (κ2) is 3.90. The molecule has 86 valence electrons. The molecule has 0 aliphatic rings. The molecular formula is C10H14ClN5. The van der Waals surface area contributed by atoms with E-state index in [0.717, 1.165) is 12.2 Å². The molecule has 0 aliphatic carbocycles. The van der Waals surface area contributed by atoms with Gasteiger partial charge < -0.3 is 5.32 Å². The molecule has 6 heteroatoms. The van der Waals surface area contributed by atoms with Gasteiger partial charge in [-0.1, -0.05) is 18.5 Å². The Morgan fingerprint density at radius 2 is 2.25 bits per heavy atom. The molecule has 5 nitrogen and oxygen atoms in total. The summed E-state index contributed by atoms with van der Waals surface area (Å²) < 4.78 is 1.64. The molecule has 0 aromatic carbocycles. The van der Waals surface area contributed by atoms with Crippen molar-refractivity contribution in [1.82, 2.24) is 19.6 Å². The fourth-order valence-corrected chi connectivity index (χ4v) is 1.49. The zero-order valence-corrected chi connectivity index (χ0v) is 10.3. The summed E-state index contributed by atoms with van der Waals surface area (Å²) in [6, 6.07) is 1.75. The van der Waals surface area contributed by atoms with Gasteiger partial charge in [0, 0.05) is 11.6 Å². The van der Waals surface area contributed by atoms with Crippen molar-refractivity contribution < 1.29 is 0 Å². The SMILES string of the molecule is CCC(C)(C)Nc1cc(Cl)nc2ncnn12. The zero-order chi connectivity index (χ0) is 11.8. The van der Waals surface area contributed by atoms with Crippen LogP contribution in [0.15, 0.2) is 12.4 Å². The standard InChI is InChI=1S/C10H14ClN5/c1-4-10(2,3)15-8-5-7(11)14-9-12-6-13-16(8)9/h5-6,15H,4H2,1-3H3. The lowest BCUT2D eigenvalue weighted by atomic mass is 10.0. The Bertz CT molecular complexity index is 505. The summed E-state index contributed by atoms with van der Waals surface area (Å²) in [5, 5.41) is 7.89. The van der Waals surface area contributed by atoms with Crippen LogP contribution >= 0.6 is 11.6 Å². The first-order valence-electron chi connectivity index (χ1n) is 5.16. The van der Waals surface area contributed by atoms with Crippen molar-refractivity contribution in [2.75, 3.05) is 5.32 Å². The summed E-state index contributed by atoms with van der Waals surface area (Å²) >= 11 is 5.92. The smallest absolute Gasteiger partial charge is 0.255 e. The van der Waals surface area contributed by atoms with Crippen LogP contribution in [0.4, 0.5) is 5.82 Å². The minimum absolute atomic E-state index is 0.0242. The third kappa shape index (κ3) is 2.09. The van der Waals surface area contributed by atoms with E-state index >= 15 is 0 Å². The number of halogens is 1. The summed E-state index contributed by atoms with van der Waals surface area (Å²) in [7, 11) is 0. The van der Waals surface area contributed by atoms with Gasteiger partial charge in [0.2, 0.25) is 0 Å². The normalized spacial score (nSPS) is 12.0. The van der Waals surface area contributed by atoms with Crippen molar-refractivity contribution in [3.63, 3.8) is 0 Å². The van der Waals surface area contributed by atoms with Gasteiger partial charge in [0.05, 0.1) is 0 Å². The van der Waals surface area contributed by atoms with Gasteiger partial charge >= 0.3 is 0 Å². The molecule has 0 amide bonds. The van der Waals surface area contributed by atoms with E-state index in [2.05, 4.69) is 41.2 Å². The fraction of sp³-hybridized carbons (Fsp3) is 0.500. The molecule has 0 aliphatic heterocycles. The van der Waals surface area contributed by atoms with E-state index in [1.807, 2.05) is 0 Å². The highest BCUT2D eigenvalue weighted by molar-refractivity contribution is 6.29. The van der Waals surface area contributed by atoms with E-state index in [1.54, 1.807) is 10.6 Å². The van der Waals surface area contributed by atoms with Gasteiger partial charge in [-0.05, 0) is 20.3 Å². The van der Waals surface area contributed by atoms with Gasteiger partial charge in [-0.25, -0.2) is 0 Å². The maximum Gasteiger partial charge on any atom is 0.255 e. The molecule has 2 aromatic heterocycles. The van der Waals surface area contributed by atoms with Crippen LogP contribution in [0.2, 0.25) is 5.15 Å². The molecule has 0 fully saturated rings. The Labute approximate surface area is 98.9 Å². The molecule has 0 saturated carbocycles. The number of hydrogen-bond acceptors (Lipinski definition) is 4.